The first kappa shape index (κ1) is 22.8. The predicted octanol–water partition coefficient (Wildman–Crippen LogP) is 1.77. The minimum absolute atomic E-state index is 0.127. The van der Waals surface area contributed by atoms with Crippen molar-refractivity contribution in [2.24, 2.45) is 28.6 Å². The van der Waals surface area contributed by atoms with Crippen molar-refractivity contribution in [2.75, 3.05) is 12.5 Å². The van der Waals surface area contributed by atoms with E-state index in [2.05, 4.69) is 0 Å². The molecule has 4 aliphatic rings. The normalized spacial score (nSPS) is 42.6. The van der Waals surface area contributed by atoms with Crippen LogP contribution in [0.2, 0.25) is 0 Å². The first-order valence-corrected chi connectivity index (χ1v) is 14.0. The van der Waals surface area contributed by atoms with E-state index in [0.29, 0.717) is 31.3 Å². The van der Waals surface area contributed by atoms with Gasteiger partial charge in [-0.05, 0) is 54.7 Å². The molecule has 8 nitrogen and oxygen atoms in total. The molecule has 0 bridgehead atoms. The Morgan fingerprint density at radius 1 is 0.968 bits per heavy atom. The summed E-state index contributed by atoms with van der Waals surface area (Å²) in [5, 5.41) is 0. The van der Waals surface area contributed by atoms with E-state index in [-0.39, 0.29) is 23.4 Å². The van der Waals surface area contributed by atoms with Crippen molar-refractivity contribution in [1.29, 1.82) is 0 Å². The Morgan fingerprint density at radius 2 is 1.61 bits per heavy atom. The van der Waals surface area contributed by atoms with Gasteiger partial charge < -0.3 is 0 Å². The molecule has 3 fully saturated rings. The highest BCUT2D eigenvalue weighted by atomic mass is 32.2. The van der Waals surface area contributed by atoms with Crippen LogP contribution in [0.3, 0.4) is 0 Å². The molecule has 0 N–H and O–H groups in total. The third-order valence-corrected chi connectivity index (χ3v) is 9.00. The minimum Gasteiger partial charge on any atom is -0.299 e. The Kier molecular flexibility index (Phi) is 5.20. The van der Waals surface area contributed by atoms with E-state index in [1.807, 2.05) is 13.8 Å². The van der Waals surface area contributed by atoms with E-state index in [9.17, 15) is 26.4 Å². The second-order valence-electron chi connectivity index (χ2n) is 9.81. The van der Waals surface area contributed by atoms with E-state index in [0.717, 1.165) is 12.5 Å². The number of hydrogen-bond donors (Lipinski definition) is 0. The summed E-state index contributed by atoms with van der Waals surface area (Å²) < 4.78 is 59.7. The van der Waals surface area contributed by atoms with Gasteiger partial charge in [0.25, 0.3) is 20.2 Å². The molecule has 0 spiro atoms. The Balaban J connectivity index is 1.93. The lowest BCUT2D eigenvalue weighted by molar-refractivity contribution is -0.140. The molecule has 0 radical (unpaired) electrons. The van der Waals surface area contributed by atoms with Crippen molar-refractivity contribution in [1.82, 2.24) is 0 Å². The zero-order chi connectivity index (χ0) is 23.0. The number of fused-ring (bicyclic) bond motifs is 5. The first-order chi connectivity index (χ1) is 14.2. The van der Waals surface area contributed by atoms with Crippen LogP contribution < -0.4 is 0 Å². The molecule has 0 aromatic carbocycles. The smallest absolute Gasteiger partial charge is 0.265 e. The highest BCUT2D eigenvalue weighted by Gasteiger charge is 2.65. The zero-order valence-electron chi connectivity index (χ0n) is 18.0. The van der Waals surface area contributed by atoms with Crippen LogP contribution in [-0.4, -0.2) is 53.1 Å². The zero-order valence-corrected chi connectivity index (χ0v) is 19.7. The van der Waals surface area contributed by atoms with Crippen LogP contribution in [0.25, 0.3) is 0 Å². The molecular formula is C21H28O8S2. The topological polar surface area (TPSA) is 121 Å². The number of carbonyl (C=O) groups is 2. The number of carbonyl (C=O) groups excluding carboxylic acids is 2. The lowest BCUT2D eigenvalue weighted by Gasteiger charge is -2.59. The molecule has 0 aromatic heterocycles. The van der Waals surface area contributed by atoms with E-state index >= 15 is 0 Å². The van der Waals surface area contributed by atoms with Crippen LogP contribution in [0.4, 0.5) is 0 Å². The molecule has 10 heteroatoms. The summed E-state index contributed by atoms with van der Waals surface area (Å²) in [4.78, 5) is 25.0. The number of ketones is 2. The quantitative estimate of drug-likeness (QED) is 0.568. The van der Waals surface area contributed by atoms with E-state index in [1.54, 1.807) is 6.08 Å². The van der Waals surface area contributed by atoms with Gasteiger partial charge in [0.15, 0.2) is 5.78 Å². The minimum atomic E-state index is -4.01. The number of Topliss-reactive ketones (excluding diaryl/α,β-unsaturated/α-hetero) is 1. The summed E-state index contributed by atoms with van der Waals surface area (Å²) in [5.41, 5.74) is -0.909. The maximum atomic E-state index is 12.8. The average Bonchev–Trinajstić information content (AvgIpc) is 2.92. The fourth-order valence-corrected chi connectivity index (χ4v) is 7.77. The van der Waals surface area contributed by atoms with Gasteiger partial charge in [0.05, 0.1) is 12.5 Å². The highest BCUT2D eigenvalue weighted by Crippen LogP contribution is 2.64. The van der Waals surface area contributed by atoms with Crippen LogP contribution in [0.15, 0.2) is 23.8 Å². The summed E-state index contributed by atoms with van der Waals surface area (Å²) in [6, 6.07) is 0. The van der Waals surface area contributed by atoms with Gasteiger partial charge in [0.1, 0.15) is 18.0 Å². The molecule has 172 valence electrons. The van der Waals surface area contributed by atoms with Gasteiger partial charge in [0.2, 0.25) is 0 Å². The van der Waals surface area contributed by atoms with Gasteiger partial charge in [-0.1, -0.05) is 19.9 Å². The molecule has 7 atom stereocenters. The van der Waals surface area contributed by atoms with E-state index in [4.69, 9.17) is 8.37 Å². The summed E-state index contributed by atoms with van der Waals surface area (Å²) >= 11 is 0. The van der Waals surface area contributed by atoms with Gasteiger partial charge in [-0.15, -0.1) is 0 Å². The van der Waals surface area contributed by atoms with Crippen molar-refractivity contribution < 1.29 is 34.8 Å². The highest BCUT2D eigenvalue weighted by molar-refractivity contribution is 7.86. The molecule has 0 heterocycles. The van der Waals surface area contributed by atoms with Crippen LogP contribution >= 0.6 is 0 Å². The number of allylic oxidation sites excluding steroid dienone is 3. The largest absolute Gasteiger partial charge is 0.299 e. The molecule has 0 aromatic rings. The molecule has 0 saturated heterocycles. The number of rotatable bonds is 4. The number of hydrogen-bond acceptors (Lipinski definition) is 8. The monoisotopic (exact) mass is 472 g/mol. The molecule has 31 heavy (non-hydrogen) atoms. The van der Waals surface area contributed by atoms with Crippen molar-refractivity contribution in [3.8, 4) is 0 Å². The second-order valence-corrected chi connectivity index (χ2v) is 13.0. The van der Waals surface area contributed by atoms with Gasteiger partial charge in [-0.3, -0.25) is 18.0 Å². The third kappa shape index (κ3) is 3.75. The Bertz CT molecular complexity index is 1100. The van der Waals surface area contributed by atoms with Gasteiger partial charge in [-0.2, -0.15) is 16.8 Å². The fraction of sp³-hybridized carbons (Fsp3) is 0.714. The van der Waals surface area contributed by atoms with Gasteiger partial charge in [-0.25, -0.2) is 0 Å². The van der Waals surface area contributed by atoms with Crippen LogP contribution in [0.1, 0.15) is 39.5 Å². The summed E-state index contributed by atoms with van der Waals surface area (Å²) in [6.07, 6.45) is 6.24. The van der Waals surface area contributed by atoms with Crippen LogP contribution in [0.5, 0.6) is 0 Å². The summed E-state index contributed by atoms with van der Waals surface area (Å²) in [6.45, 7) is 3.84. The molecule has 0 aliphatic heterocycles. The summed E-state index contributed by atoms with van der Waals surface area (Å²) in [7, 11) is -8.00. The van der Waals surface area contributed by atoms with E-state index < -0.39 is 49.2 Å². The molecular weight excluding hydrogens is 444 g/mol. The maximum Gasteiger partial charge on any atom is 0.265 e. The van der Waals surface area contributed by atoms with Crippen molar-refractivity contribution >= 4 is 31.8 Å². The lowest BCUT2D eigenvalue weighted by atomic mass is 9.47. The van der Waals surface area contributed by atoms with Crippen molar-refractivity contribution in [2.45, 2.75) is 51.7 Å². The lowest BCUT2D eigenvalue weighted by Crippen LogP contribution is -2.61. The van der Waals surface area contributed by atoms with Crippen molar-refractivity contribution in [3.63, 3.8) is 0 Å². The fourth-order valence-electron chi connectivity index (χ4n) is 6.55. The Labute approximate surface area is 183 Å². The molecule has 0 unspecified atom stereocenters. The summed E-state index contributed by atoms with van der Waals surface area (Å²) in [5.74, 6) is -0.885. The third-order valence-electron chi connectivity index (χ3n) is 7.87. The SMILES string of the molecule is C[C@]12C=CC(=O)C=C1[C@H](OS(C)(=O)=O)[C@H](OS(C)(=O)=O)[C@@H]1[C@@H]2CC[C@]2(C)C(=O)CC[C@@H]12. The first-order valence-electron chi connectivity index (χ1n) is 10.4. The Morgan fingerprint density at radius 3 is 2.23 bits per heavy atom. The maximum absolute atomic E-state index is 12.8. The van der Waals surface area contributed by atoms with Gasteiger partial charge in [0, 0.05) is 17.3 Å². The molecule has 4 rings (SSSR count). The Hall–Kier alpha value is -1.36. The molecule has 3 saturated carbocycles. The van der Waals surface area contributed by atoms with E-state index in [1.165, 1.54) is 12.2 Å². The van der Waals surface area contributed by atoms with Crippen molar-refractivity contribution in [3.05, 3.63) is 23.8 Å². The van der Waals surface area contributed by atoms with Crippen LogP contribution in [-0.2, 0) is 38.2 Å². The molecule has 4 aliphatic carbocycles. The predicted molar refractivity (Wildman–Crippen MR) is 112 cm³/mol. The van der Waals surface area contributed by atoms with Crippen LogP contribution in [0, 0.1) is 28.6 Å². The molecule has 0 amide bonds. The van der Waals surface area contributed by atoms with Gasteiger partial charge >= 0.3 is 0 Å². The second kappa shape index (κ2) is 7.07. The standard InChI is InChI=1S/C21H28O8S2/c1-20-9-7-12(22)11-15(20)18(28-30(3,24)25)19(29-31(4,26)27)17-13-5-6-16(23)21(13,2)10-8-14(17)20/h7,9,11,13-14,17-19H,5-6,8,10H2,1-4H3/t13-,14-,17-,18-,19+,20+,21-/m0/s1. The average molecular weight is 473 g/mol.